The van der Waals surface area contributed by atoms with Gasteiger partial charge in [0.15, 0.2) is 0 Å². The molecule has 0 saturated carbocycles. The molecule has 0 fully saturated rings. The van der Waals surface area contributed by atoms with E-state index in [0.29, 0.717) is 17.6 Å². The summed E-state index contributed by atoms with van der Waals surface area (Å²) in [6.45, 7) is 3.65. The molecule has 88 valence electrons. The molecule has 0 spiro atoms. The van der Waals surface area contributed by atoms with Crippen LogP contribution in [0, 0.1) is 0 Å². The summed E-state index contributed by atoms with van der Waals surface area (Å²) in [5.41, 5.74) is 1.97. The molecule has 0 radical (unpaired) electrons. The highest BCUT2D eigenvalue weighted by Gasteiger charge is 2.07. The molecule has 0 bridgehead atoms. The van der Waals surface area contributed by atoms with Crippen LogP contribution in [0.15, 0.2) is 30.9 Å². The van der Waals surface area contributed by atoms with Gasteiger partial charge >= 0.3 is 0 Å². The van der Waals surface area contributed by atoms with Gasteiger partial charge < -0.3 is 9.84 Å². The Kier molecular flexibility index (Phi) is 3.23. The fraction of sp³-hybridized carbons (Fsp3) is 0.231. The lowest BCUT2D eigenvalue weighted by Crippen LogP contribution is -1.95. The van der Waals surface area contributed by atoms with Crippen LogP contribution in [0.1, 0.15) is 12.1 Å². The molecule has 0 aliphatic rings. The quantitative estimate of drug-likeness (QED) is 0.820. The third-order valence-electron chi connectivity index (χ3n) is 2.51. The minimum atomic E-state index is -0.00971. The topological polar surface area (TPSA) is 55.2 Å². The van der Waals surface area contributed by atoms with E-state index in [9.17, 15) is 5.11 Å². The number of methoxy groups -OCH3 is 1. The maximum Gasteiger partial charge on any atom is 0.233 e. The summed E-state index contributed by atoms with van der Waals surface area (Å²) in [6.07, 6.45) is 3.18. The van der Waals surface area contributed by atoms with Gasteiger partial charge in [-0.15, -0.1) is 6.58 Å². The smallest absolute Gasteiger partial charge is 0.233 e. The molecule has 2 rings (SSSR count). The first-order valence-electron chi connectivity index (χ1n) is 5.39. The highest BCUT2D eigenvalue weighted by Crippen LogP contribution is 2.22. The monoisotopic (exact) mass is 230 g/mol. The van der Waals surface area contributed by atoms with Crippen molar-refractivity contribution in [3.8, 4) is 11.6 Å². The van der Waals surface area contributed by atoms with Crippen LogP contribution < -0.4 is 4.74 Å². The van der Waals surface area contributed by atoms with Crippen molar-refractivity contribution in [3.05, 3.63) is 36.5 Å². The second-order valence-electron chi connectivity index (χ2n) is 3.68. The van der Waals surface area contributed by atoms with Gasteiger partial charge in [-0.3, -0.25) is 0 Å². The van der Waals surface area contributed by atoms with E-state index in [0.717, 1.165) is 17.7 Å². The molecule has 0 amide bonds. The van der Waals surface area contributed by atoms with Crippen molar-refractivity contribution in [2.75, 3.05) is 7.11 Å². The molecular formula is C13H14N2O2. The Balaban J connectivity index is 2.48. The molecule has 0 aliphatic carbocycles. The second kappa shape index (κ2) is 4.82. The maximum absolute atomic E-state index is 9.72. The van der Waals surface area contributed by atoms with E-state index in [1.54, 1.807) is 31.4 Å². The lowest BCUT2D eigenvalue weighted by Gasteiger charge is -2.05. The van der Waals surface area contributed by atoms with Gasteiger partial charge in [0.2, 0.25) is 5.88 Å². The summed E-state index contributed by atoms with van der Waals surface area (Å²) >= 11 is 0. The normalized spacial score (nSPS) is 10.4. The predicted octanol–water partition coefficient (Wildman–Crippen LogP) is 2.46. The number of ether oxygens (including phenoxy) is 1. The first kappa shape index (κ1) is 11.4. The second-order valence-corrected chi connectivity index (χ2v) is 3.68. The molecule has 0 saturated heterocycles. The molecule has 4 nitrogen and oxygen atoms in total. The number of benzene rings is 1. The Morgan fingerprint density at radius 1 is 1.35 bits per heavy atom. The van der Waals surface area contributed by atoms with Gasteiger partial charge in [0.25, 0.3) is 0 Å². The summed E-state index contributed by atoms with van der Waals surface area (Å²) < 4.78 is 5.13. The summed E-state index contributed by atoms with van der Waals surface area (Å²) in [5, 5.41) is 9.72. The SMILES string of the molecule is C=CCCc1nc2cc(OC)ccc2nc1O. The summed E-state index contributed by atoms with van der Waals surface area (Å²) in [4.78, 5) is 8.49. The van der Waals surface area contributed by atoms with Gasteiger partial charge in [0, 0.05) is 6.07 Å². The first-order chi connectivity index (χ1) is 8.24. The third-order valence-corrected chi connectivity index (χ3v) is 2.51. The standard InChI is InChI=1S/C13H14N2O2/c1-3-4-5-11-13(16)15-10-7-6-9(17-2)8-12(10)14-11/h3,6-8H,1,4-5H2,2H3,(H,15,16). The number of aromatic hydroxyl groups is 1. The summed E-state index contributed by atoms with van der Waals surface area (Å²) in [6, 6.07) is 5.37. The van der Waals surface area contributed by atoms with Crippen LogP contribution in [-0.2, 0) is 6.42 Å². The number of rotatable bonds is 4. The first-order valence-corrected chi connectivity index (χ1v) is 5.39. The number of hydrogen-bond acceptors (Lipinski definition) is 4. The highest BCUT2D eigenvalue weighted by atomic mass is 16.5. The van der Waals surface area contributed by atoms with Crippen molar-refractivity contribution < 1.29 is 9.84 Å². The zero-order valence-electron chi connectivity index (χ0n) is 9.68. The fourth-order valence-corrected chi connectivity index (χ4v) is 1.59. The highest BCUT2D eigenvalue weighted by molar-refractivity contribution is 5.76. The van der Waals surface area contributed by atoms with Crippen LogP contribution in [0.25, 0.3) is 11.0 Å². The van der Waals surface area contributed by atoms with Gasteiger partial charge in [0.1, 0.15) is 11.4 Å². The molecule has 0 atom stereocenters. The molecule has 0 aliphatic heterocycles. The minimum absolute atomic E-state index is 0.00971. The van der Waals surface area contributed by atoms with E-state index in [2.05, 4.69) is 16.5 Å². The number of allylic oxidation sites excluding steroid dienone is 1. The molecule has 17 heavy (non-hydrogen) atoms. The van der Waals surface area contributed by atoms with E-state index >= 15 is 0 Å². The van der Waals surface area contributed by atoms with Gasteiger partial charge in [-0.2, -0.15) is 0 Å². The summed E-state index contributed by atoms with van der Waals surface area (Å²) in [5.74, 6) is 0.719. The van der Waals surface area contributed by atoms with E-state index in [4.69, 9.17) is 4.74 Å². The van der Waals surface area contributed by atoms with Crippen molar-refractivity contribution in [2.24, 2.45) is 0 Å². The van der Waals surface area contributed by atoms with Crippen LogP contribution in [0.3, 0.4) is 0 Å². The fourth-order valence-electron chi connectivity index (χ4n) is 1.59. The zero-order chi connectivity index (χ0) is 12.3. The minimum Gasteiger partial charge on any atom is -0.497 e. The van der Waals surface area contributed by atoms with E-state index in [1.165, 1.54) is 0 Å². The van der Waals surface area contributed by atoms with Gasteiger partial charge in [-0.05, 0) is 25.0 Å². The van der Waals surface area contributed by atoms with Gasteiger partial charge in [0.05, 0.1) is 18.1 Å². The molecular weight excluding hydrogens is 216 g/mol. The van der Waals surface area contributed by atoms with Crippen LogP contribution in [0.5, 0.6) is 11.6 Å². The van der Waals surface area contributed by atoms with Crippen LogP contribution in [0.2, 0.25) is 0 Å². The van der Waals surface area contributed by atoms with Crippen molar-refractivity contribution in [3.63, 3.8) is 0 Å². The Morgan fingerprint density at radius 3 is 2.88 bits per heavy atom. The van der Waals surface area contributed by atoms with E-state index in [1.807, 2.05) is 0 Å². The van der Waals surface area contributed by atoms with Crippen molar-refractivity contribution in [2.45, 2.75) is 12.8 Å². The molecule has 1 aromatic heterocycles. The lowest BCUT2D eigenvalue weighted by atomic mass is 10.2. The van der Waals surface area contributed by atoms with Crippen molar-refractivity contribution in [1.82, 2.24) is 9.97 Å². The lowest BCUT2D eigenvalue weighted by molar-refractivity contribution is 0.415. The predicted molar refractivity (Wildman–Crippen MR) is 66.3 cm³/mol. The zero-order valence-corrected chi connectivity index (χ0v) is 9.68. The van der Waals surface area contributed by atoms with Crippen LogP contribution in [0.4, 0.5) is 0 Å². The third kappa shape index (κ3) is 2.36. The van der Waals surface area contributed by atoms with E-state index < -0.39 is 0 Å². The average Bonchev–Trinajstić information content (AvgIpc) is 2.35. The average molecular weight is 230 g/mol. The Bertz CT molecular complexity index is 552. The number of aryl methyl sites for hydroxylation is 1. The van der Waals surface area contributed by atoms with Crippen molar-refractivity contribution >= 4 is 11.0 Å². The molecule has 4 heteroatoms. The Morgan fingerprint density at radius 2 is 2.18 bits per heavy atom. The molecule has 1 N–H and O–H groups in total. The molecule has 0 unspecified atom stereocenters. The number of nitrogens with zero attached hydrogens (tertiary/aromatic N) is 2. The molecule has 2 aromatic rings. The maximum atomic E-state index is 9.72. The van der Waals surface area contributed by atoms with E-state index in [-0.39, 0.29) is 5.88 Å². The van der Waals surface area contributed by atoms with Gasteiger partial charge in [-0.25, -0.2) is 9.97 Å². The Labute approximate surface area is 99.6 Å². The number of hydrogen-bond donors (Lipinski definition) is 1. The van der Waals surface area contributed by atoms with Gasteiger partial charge in [-0.1, -0.05) is 6.08 Å². The van der Waals surface area contributed by atoms with Crippen LogP contribution in [-0.4, -0.2) is 22.2 Å². The number of aromatic nitrogens is 2. The van der Waals surface area contributed by atoms with Crippen molar-refractivity contribution in [1.29, 1.82) is 0 Å². The molecule has 1 heterocycles. The molecule has 1 aromatic carbocycles. The number of fused-ring (bicyclic) bond motifs is 1. The Hall–Kier alpha value is -2.10. The van der Waals surface area contributed by atoms with Crippen LogP contribution >= 0.6 is 0 Å². The largest absolute Gasteiger partial charge is 0.497 e. The summed E-state index contributed by atoms with van der Waals surface area (Å²) in [7, 11) is 1.60.